The lowest BCUT2D eigenvalue weighted by Crippen LogP contribution is -2.30. The molecular formula is C24H21F2N7O2. The van der Waals surface area contributed by atoms with Gasteiger partial charge in [0.25, 0.3) is 0 Å². The third kappa shape index (κ3) is 3.42. The van der Waals surface area contributed by atoms with Gasteiger partial charge in [-0.25, -0.2) is 23.7 Å². The van der Waals surface area contributed by atoms with Crippen molar-refractivity contribution in [2.75, 3.05) is 25.5 Å². The Balaban J connectivity index is 1.48. The van der Waals surface area contributed by atoms with E-state index in [-0.39, 0.29) is 23.0 Å². The van der Waals surface area contributed by atoms with Crippen molar-refractivity contribution in [2.45, 2.75) is 6.42 Å². The first kappa shape index (κ1) is 21.5. The molecule has 1 amide bonds. The van der Waals surface area contributed by atoms with Gasteiger partial charge in [-0.2, -0.15) is 5.10 Å². The number of rotatable bonds is 5. The molecule has 0 radical (unpaired) electrons. The minimum Gasteiger partial charge on any atom is -0.493 e. The number of aromatic nitrogens is 5. The van der Waals surface area contributed by atoms with Gasteiger partial charge in [-0.3, -0.25) is 9.48 Å². The van der Waals surface area contributed by atoms with Gasteiger partial charge in [-0.15, -0.1) is 0 Å². The van der Waals surface area contributed by atoms with Gasteiger partial charge in [0.1, 0.15) is 34.9 Å². The zero-order chi connectivity index (χ0) is 24.3. The first-order valence-corrected chi connectivity index (χ1v) is 11.1. The molecule has 1 aromatic carbocycles. The van der Waals surface area contributed by atoms with Gasteiger partial charge in [0.2, 0.25) is 5.91 Å². The third-order valence-electron chi connectivity index (χ3n) is 6.81. The van der Waals surface area contributed by atoms with Crippen LogP contribution in [0.5, 0.6) is 5.75 Å². The van der Waals surface area contributed by atoms with Crippen molar-refractivity contribution in [3.63, 3.8) is 0 Å². The van der Waals surface area contributed by atoms with Crippen LogP contribution in [0.15, 0.2) is 36.8 Å². The van der Waals surface area contributed by atoms with Crippen molar-refractivity contribution in [3.05, 3.63) is 48.4 Å². The fourth-order valence-corrected chi connectivity index (χ4v) is 4.88. The number of carbonyl (C=O) groups is 1. The van der Waals surface area contributed by atoms with Gasteiger partial charge in [0, 0.05) is 43.0 Å². The Morgan fingerprint density at radius 1 is 1.23 bits per heavy atom. The molecule has 9 nitrogen and oxygen atoms in total. The second kappa shape index (κ2) is 7.77. The van der Waals surface area contributed by atoms with Crippen LogP contribution >= 0.6 is 0 Å². The van der Waals surface area contributed by atoms with E-state index in [1.807, 2.05) is 0 Å². The molecule has 178 valence electrons. The number of carbonyl (C=O) groups excluding carboxylic acids is 1. The van der Waals surface area contributed by atoms with E-state index < -0.39 is 17.0 Å². The van der Waals surface area contributed by atoms with E-state index in [9.17, 15) is 13.6 Å². The van der Waals surface area contributed by atoms with E-state index in [2.05, 4.69) is 30.7 Å². The summed E-state index contributed by atoms with van der Waals surface area (Å²) in [5, 5.41) is 10.6. The molecule has 0 bridgehead atoms. The van der Waals surface area contributed by atoms with Crippen LogP contribution in [0.3, 0.4) is 0 Å². The number of fused-ring (bicyclic) bond motifs is 2. The SMILES string of the molecule is COc1cc2ncnc(-c3cn(C)nc3-c3ccc(F)cc3F)c2nc1NC(=O)C12CNCC1C2. The molecule has 2 unspecified atom stereocenters. The fraction of sp³-hybridized carbons (Fsp3) is 0.292. The largest absolute Gasteiger partial charge is 0.493 e. The fourth-order valence-electron chi connectivity index (χ4n) is 4.88. The Labute approximate surface area is 198 Å². The number of hydrogen-bond donors (Lipinski definition) is 2. The highest BCUT2D eigenvalue weighted by atomic mass is 19.1. The molecule has 0 spiro atoms. The highest BCUT2D eigenvalue weighted by Crippen LogP contribution is 2.55. The number of nitrogens with one attached hydrogen (secondary N) is 2. The van der Waals surface area contributed by atoms with Crippen LogP contribution in [-0.2, 0) is 11.8 Å². The number of piperidine rings is 1. The summed E-state index contributed by atoms with van der Waals surface area (Å²) in [4.78, 5) is 26.5. The summed E-state index contributed by atoms with van der Waals surface area (Å²) in [6.07, 6.45) is 3.90. The normalized spacial score (nSPS) is 20.6. The summed E-state index contributed by atoms with van der Waals surface area (Å²) in [6.45, 7) is 1.47. The van der Waals surface area contributed by atoms with Crippen molar-refractivity contribution in [2.24, 2.45) is 18.4 Å². The van der Waals surface area contributed by atoms with Gasteiger partial charge in [-0.1, -0.05) is 0 Å². The molecule has 1 saturated heterocycles. The minimum atomic E-state index is -0.741. The highest BCUT2D eigenvalue weighted by Gasteiger charge is 2.62. The highest BCUT2D eigenvalue weighted by molar-refractivity contribution is 6.01. The smallest absolute Gasteiger partial charge is 0.233 e. The lowest BCUT2D eigenvalue weighted by molar-refractivity contribution is -0.120. The number of benzene rings is 1. The second-order valence-corrected chi connectivity index (χ2v) is 8.96. The van der Waals surface area contributed by atoms with Crippen molar-refractivity contribution in [3.8, 4) is 28.3 Å². The Morgan fingerprint density at radius 2 is 2.09 bits per heavy atom. The number of pyridine rings is 1. The first-order chi connectivity index (χ1) is 16.9. The number of halogens is 2. The van der Waals surface area contributed by atoms with Gasteiger partial charge < -0.3 is 15.4 Å². The molecule has 4 heterocycles. The molecular weight excluding hydrogens is 456 g/mol. The summed E-state index contributed by atoms with van der Waals surface area (Å²) in [6, 6.07) is 4.99. The monoisotopic (exact) mass is 477 g/mol. The average molecular weight is 477 g/mol. The standard InChI is InChI=1S/C24H21F2N7O2/c1-33-9-15(19(32-33)14-4-3-13(25)5-16(14)26)20-21-17(28-11-29-20)6-18(35-2)22(30-21)31-23(34)24-7-12(24)8-27-10-24/h3-6,9,11-12,27H,7-8,10H2,1-2H3,(H,30,31,34). The predicted octanol–water partition coefficient (Wildman–Crippen LogP) is 2.93. The Kier molecular flexibility index (Phi) is 4.78. The van der Waals surface area contributed by atoms with Crippen LogP contribution in [0, 0.1) is 23.0 Å². The predicted molar refractivity (Wildman–Crippen MR) is 123 cm³/mol. The molecule has 2 fully saturated rings. The molecule has 6 rings (SSSR count). The Hall–Kier alpha value is -3.99. The molecule has 35 heavy (non-hydrogen) atoms. The van der Waals surface area contributed by atoms with Crippen LogP contribution in [0.2, 0.25) is 0 Å². The Morgan fingerprint density at radius 3 is 2.80 bits per heavy atom. The molecule has 1 aliphatic heterocycles. The average Bonchev–Trinajstić information content (AvgIpc) is 3.18. The van der Waals surface area contributed by atoms with E-state index in [0.29, 0.717) is 40.5 Å². The minimum absolute atomic E-state index is 0.105. The van der Waals surface area contributed by atoms with Gasteiger partial charge in [-0.05, 0) is 31.0 Å². The number of amides is 1. The second-order valence-electron chi connectivity index (χ2n) is 8.96. The maximum absolute atomic E-state index is 14.6. The van der Waals surface area contributed by atoms with E-state index in [4.69, 9.17) is 4.74 Å². The number of aryl methyl sites for hydroxylation is 1. The maximum Gasteiger partial charge on any atom is 0.233 e. The molecule has 3 aromatic heterocycles. The van der Waals surface area contributed by atoms with E-state index in [1.54, 1.807) is 19.3 Å². The van der Waals surface area contributed by atoms with Crippen LogP contribution in [-0.4, -0.2) is 50.8 Å². The van der Waals surface area contributed by atoms with Gasteiger partial charge in [0.05, 0.1) is 18.0 Å². The van der Waals surface area contributed by atoms with E-state index >= 15 is 0 Å². The van der Waals surface area contributed by atoms with Crippen LogP contribution in [0.4, 0.5) is 14.6 Å². The summed E-state index contributed by atoms with van der Waals surface area (Å²) in [5.74, 6) is -0.574. The van der Waals surface area contributed by atoms with Gasteiger partial charge >= 0.3 is 0 Å². The topological polar surface area (TPSA) is 107 Å². The molecule has 2 N–H and O–H groups in total. The van der Waals surface area contributed by atoms with Crippen molar-refractivity contribution in [1.29, 1.82) is 0 Å². The first-order valence-electron chi connectivity index (χ1n) is 11.1. The maximum atomic E-state index is 14.6. The summed E-state index contributed by atoms with van der Waals surface area (Å²) < 4.78 is 35.2. The lowest BCUT2D eigenvalue weighted by Gasteiger charge is -2.15. The Bertz CT molecular complexity index is 1510. The van der Waals surface area contributed by atoms with Crippen molar-refractivity contribution >= 4 is 22.8 Å². The van der Waals surface area contributed by atoms with Crippen molar-refractivity contribution in [1.82, 2.24) is 30.0 Å². The molecule has 2 aliphatic rings. The van der Waals surface area contributed by atoms with Gasteiger partial charge in [0.15, 0.2) is 11.6 Å². The summed E-state index contributed by atoms with van der Waals surface area (Å²) >= 11 is 0. The summed E-state index contributed by atoms with van der Waals surface area (Å²) in [5.41, 5.74) is 1.74. The van der Waals surface area contributed by atoms with Crippen LogP contribution in [0.1, 0.15) is 6.42 Å². The van der Waals surface area contributed by atoms with Crippen molar-refractivity contribution < 1.29 is 18.3 Å². The summed E-state index contributed by atoms with van der Waals surface area (Å²) in [7, 11) is 3.19. The molecule has 2 atom stereocenters. The molecule has 4 aromatic rings. The van der Waals surface area contributed by atoms with Crippen LogP contribution < -0.4 is 15.4 Å². The van der Waals surface area contributed by atoms with E-state index in [0.717, 1.165) is 19.0 Å². The molecule has 11 heteroatoms. The number of ether oxygens (including phenoxy) is 1. The number of anilines is 1. The quantitative estimate of drug-likeness (QED) is 0.455. The number of methoxy groups -OCH3 is 1. The van der Waals surface area contributed by atoms with Crippen LogP contribution in [0.25, 0.3) is 33.5 Å². The molecule has 1 aliphatic carbocycles. The number of hydrogen-bond acceptors (Lipinski definition) is 7. The lowest BCUT2D eigenvalue weighted by atomic mass is 10.0. The van der Waals surface area contributed by atoms with E-state index in [1.165, 1.54) is 30.3 Å². The number of nitrogens with zero attached hydrogens (tertiary/aromatic N) is 5. The zero-order valence-corrected chi connectivity index (χ0v) is 19.0. The zero-order valence-electron chi connectivity index (χ0n) is 19.0. The molecule has 1 saturated carbocycles. The third-order valence-corrected chi connectivity index (χ3v) is 6.81.